The first-order chi connectivity index (χ1) is 14.7. The number of methoxy groups -OCH3 is 2. The molecule has 6 nitrogen and oxygen atoms in total. The molecule has 0 aliphatic carbocycles. The van der Waals surface area contributed by atoms with E-state index in [9.17, 15) is 4.79 Å². The molecule has 30 heavy (non-hydrogen) atoms. The van der Waals surface area contributed by atoms with Crippen LogP contribution in [0.3, 0.4) is 0 Å². The van der Waals surface area contributed by atoms with E-state index in [1.165, 1.54) is 0 Å². The van der Waals surface area contributed by atoms with Crippen LogP contribution in [-0.2, 0) is 4.74 Å². The number of carbonyl (C=O) groups excluding carboxylic acids is 1. The molecule has 0 spiro atoms. The monoisotopic (exact) mass is 400 g/mol. The van der Waals surface area contributed by atoms with Gasteiger partial charge in [-0.25, -0.2) is 4.79 Å². The summed E-state index contributed by atoms with van der Waals surface area (Å²) in [5, 5.41) is 10.2. The number of aromatic nitrogens is 2. The Hall–Kier alpha value is -3.93. The highest BCUT2D eigenvalue weighted by Gasteiger charge is 2.28. The van der Waals surface area contributed by atoms with Crippen molar-refractivity contribution in [2.24, 2.45) is 0 Å². The first kappa shape index (κ1) is 19.4. The van der Waals surface area contributed by atoms with Crippen LogP contribution >= 0.6 is 0 Å². The van der Waals surface area contributed by atoms with Crippen molar-refractivity contribution in [2.75, 3.05) is 14.2 Å². The summed E-state index contributed by atoms with van der Waals surface area (Å²) in [6.45, 7) is 0. The lowest BCUT2D eigenvalue weighted by Gasteiger charge is -2.22. The SMILES string of the molecule is COc1cccc([C@H](OC(=O)c2ccccc2)c2nncc3ccccc23)c1OC. The summed E-state index contributed by atoms with van der Waals surface area (Å²) in [6, 6.07) is 22.0. The Labute approximate surface area is 174 Å². The summed E-state index contributed by atoms with van der Waals surface area (Å²) in [6.07, 6.45) is 0.832. The van der Waals surface area contributed by atoms with E-state index in [1.807, 2.05) is 42.5 Å². The molecule has 4 aromatic rings. The molecule has 0 amide bonds. The maximum Gasteiger partial charge on any atom is 0.339 e. The van der Waals surface area contributed by atoms with Gasteiger partial charge in [0.2, 0.25) is 0 Å². The number of esters is 1. The topological polar surface area (TPSA) is 70.5 Å². The molecule has 3 aromatic carbocycles. The molecule has 0 aliphatic heterocycles. The number of hydrogen-bond acceptors (Lipinski definition) is 6. The lowest BCUT2D eigenvalue weighted by molar-refractivity contribution is 0.0367. The van der Waals surface area contributed by atoms with Gasteiger partial charge in [0.1, 0.15) is 5.69 Å². The van der Waals surface area contributed by atoms with Gasteiger partial charge in [-0.15, -0.1) is 0 Å². The summed E-state index contributed by atoms with van der Waals surface area (Å²) in [7, 11) is 3.11. The van der Waals surface area contributed by atoms with E-state index in [0.29, 0.717) is 28.3 Å². The number of hydrogen-bond donors (Lipinski definition) is 0. The molecule has 0 aliphatic rings. The largest absolute Gasteiger partial charge is 0.493 e. The van der Waals surface area contributed by atoms with Crippen molar-refractivity contribution >= 4 is 16.7 Å². The van der Waals surface area contributed by atoms with Gasteiger partial charge in [0.05, 0.1) is 26.0 Å². The minimum Gasteiger partial charge on any atom is -0.493 e. The number of carbonyl (C=O) groups is 1. The summed E-state index contributed by atoms with van der Waals surface area (Å²) in [5.74, 6) is 0.532. The van der Waals surface area contributed by atoms with Gasteiger partial charge in [-0.2, -0.15) is 10.2 Å². The summed E-state index contributed by atoms with van der Waals surface area (Å²) in [4.78, 5) is 12.9. The van der Waals surface area contributed by atoms with E-state index < -0.39 is 12.1 Å². The fraction of sp³-hybridized carbons (Fsp3) is 0.125. The molecule has 1 atom stereocenters. The Morgan fingerprint density at radius 1 is 0.867 bits per heavy atom. The summed E-state index contributed by atoms with van der Waals surface area (Å²) >= 11 is 0. The highest BCUT2D eigenvalue weighted by molar-refractivity contribution is 5.90. The molecule has 1 heterocycles. The number of ether oxygens (including phenoxy) is 3. The van der Waals surface area contributed by atoms with E-state index >= 15 is 0 Å². The van der Waals surface area contributed by atoms with Crippen molar-refractivity contribution in [1.29, 1.82) is 0 Å². The Bertz CT molecular complexity index is 1170. The number of rotatable bonds is 6. The zero-order chi connectivity index (χ0) is 20.9. The van der Waals surface area contributed by atoms with E-state index in [-0.39, 0.29) is 0 Å². The number of nitrogens with zero attached hydrogens (tertiary/aromatic N) is 2. The van der Waals surface area contributed by atoms with Crippen molar-refractivity contribution in [1.82, 2.24) is 10.2 Å². The zero-order valence-corrected chi connectivity index (χ0v) is 16.6. The predicted octanol–water partition coefficient (Wildman–Crippen LogP) is 4.59. The van der Waals surface area contributed by atoms with E-state index in [1.54, 1.807) is 50.7 Å². The summed E-state index contributed by atoms with van der Waals surface area (Å²) in [5.41, 5.74) is 1.58. The molecular formula is C24H20N2O4. The molecule has 0 fully saturated rings. The van der Waals surface area contributed by atoms with Crippen LogP contribution in [0.4, 0.5) is 0 Å². The van der Waals surface area contributed by atoms with E-state index in [0.717, 1.165) is 10.8 Å². The first-order valence-corrected chi connectivity index (χ1v) is 9.40. The summed E-state index contributed by atoms with van der Waals surface area (Å²) < 4.78 is 17.0. The van der Waals surface area contributed by atoms with Gasteiger partial charge >= 0.3 is 5.97 Å². The van der Waals surface area contributed by atoms with Crippen molar-refractivity contribution in [3.8, 4) is 11.5 Å². The van der Waals surface area contributed by atoms with Gasteiger partial charge < -0.3 is 14.2 Å². The van der Waals surface area contributed by atoms with Crippen LogP contribution in [0.5, 0.6) is 11.5 Å². The van der Waals surface area contributed by atoms with Crippen LogP contribution < -0.4 is 9.47 Å². The van der Waals surface area contributed by atoms with E-state index in [4.69, 9.17) is 14.2 Å². The van der Waals surface area contributed by atoms with Crippen LogP contribution in [0.15, 0.2) is 79.0 Å². The molecule has 0 radical (unpaired) electrons. The van der Waals surface area contributed by atoms with Crippen LogP contribution in [0.1, 0.15) is 27.7 Å². The predicted molar refractivity (Wildman–Crippen MR) is 113 cm³/mol. The minimum atomic E-state index is -0.846. The lowest BCUT2D eigenvalue weighted by Crippen LogP contribution is -2.16. The van der Waals surface area contributed by atoms with Crippen LogP contribution in [0, 0.1) is 0 Å². The Morgan fingerprint density at radius 2 is 1.63 bits per heavy atom. The average molecular weight is 400 g/mol. The first-order valence-electron chi connectivity index (χ1n) is 9.40. The van der Waals surface area contributed by atoms with Gasteiger partial charge in [0.15, 0.2) is 17.6 Å². The van der Waals surface area contributed by atoms with Gasteiger partial charge in [-0.3, -0.25) is 0 Å². The third kappa shape index (κ3) is 3.67. The molecule has 0 saturated heterocycles. The standard InChI is InChI=1S/C24H20N2O4/c1-28-20-14-8-13-19(22(20)29-2)23(30-24(27)16-9-4-3-5-10-16)21-18-12-7-6-11-17(18)15-25-26-21/h3-15,23H,1-2H3/t23-/m0/s1. The van der Waals surface area contributed by atoms with Gasteiger partial charge in [-0.05, 0) is 18.2 Å². The maximum atomic E-state index is 12.9. The van der Waals surface area contributed by atoms with Crippen LogP contribution in [0.2, 0.25) is 0 Å². The highest BCUT2D eigenvalue weighted by atomic mass is 16.5. The van der Waals surface area contributed by atoms with Crippen molar-refractivity contribution in [2.45, 2.75) is 6.10 Å². The van der Waals surface area contributed by atoms with Gasteiger partial charge in [-0.1, -0.05) is 54.6 Å². The fourth-order valence-electron chi connectivity index (χ4n) is 3.38. The zero-order valence-electron chi connectivity index (χ0n) is 16.6. The second kappa shape index (κ2) is 8.61. The Morgan fingerprint density at radius 3 is 2.40 bits per heavy atom. The van der Waals surface area contributed by atoms with Crippen molar-refractivity contribution < 1.29 is 19.0 Å². The van der Waals surface area contributed by atoms with Crippen molar-refractivity contribution in [3.05, 3.63) is 95.8 Å². The van der Waals surface area contributed by atoms with Crippen LogP contribution in [0.25, 0.3) is 10.8 Å². The number of para-hydroxylation sites is 1. The molecular weight excluding hydrogens is 380 g/mol. The molecule has 0 bridgehead atoms. The molecule has 4 rings (SSSR count). The quantitative estimate of drug-likeness (QED) is 0.441. The molecule has 150 valence electrons. The maximum absolute atomic E-state index is 12.9. The number of benzene rings is 3. The lowest BCUT2D eigenvalue weighted by atomic mass is 10.00. The Balaban J connectivity index is 1.89. The smallest absolute Gasteiger partial charge is 0.339 e. The molecule has 6 heteroatoms. The molecule has 0 unspecified atom stereocenters. The second-order valence-corrected chi connectivity index (χ2v) is 6.55. The highest BCUT2D eigenvalue weighted by Crippen LogP contribution is 2.40. The molecule has 0 N–H and O–H groups in total. The van der Waals surface area contributed by atoms with Gasteiger partial charge in [0.25, 0.3) is 0 Å². The number of fused-ring (bicyclic) bond motifs is 1. The van der Waals surface area contributed by atoms with Gasteiger partial charge in [0, 0.05) is 16.3 Å². The van der Waals surface area contributed by atoms with Crippen LogP contribution in [-0.4, -0.2) is 30.4 Å². The second-order valence-electron chi connectivity index (χ2n) is 6.55. The minimum absolute atomic E-state index is 0.442. The van der Waals surface area contributed by atoms with E-state index in [2.05, 4.69) is 10.2 Å². The average Bonchev–Trinajstić information content (AvgIpc) is 2.82. The Kier molecular flexibility index (Phi) is 5.57. The molecule has 0 saturated carbocycles. The fourth-order valence-corrected chi connectivity index (χ4v) is 3.38. The third-order valence-electron chi connectivity index (χ3n) is 4.80. The van der Waals surface area contributed by atoms with Crippen molar-refractivity contribution in [3.63, 3.8) is 0 Å². The third-order valence-corrected chi connectivity index (χ3v) is 4.80. The molecule has 1 aromatic heterocycles. The normalized spacial score (nSPS) is 11.7.